The van der Waals surface area contributed by atoms with Gasteiger partial charge in [-0.25, -0.2) is 0 Å². The number of halogens is 3. The van der Waals surface area contributed by atoms with Crippen molar-refractivity contribution in [1.82, 2.24) is 10.2 Å². The number of alkyl halides is 3. The van der Waals surface area contributed by atoms with Crippen molar-refractivity contribution in [3.8, 4) is 0 Å². The summed E-state index contributed by atoms with van der Waals surface area (Å²) < 4.78 is 38.0. The number of benzene rings is 1. The van der Waals surface area contributed by atoms with Crippen LogP contribution in [0.15, 0.2) is 24.3 Å². The van der Waals surface area contributed by atoms with Crippen LogP contribution >= 0.6 is 0 Å². The number of hydrogen-bond donors (Lipinski definition) is 2. The molecule has 1 aliphatic heterocycles. The molecule has 2 N–H and O–H groups in total. The fourth-order valence-corrected chi connectivity index (χ4v) is 2.78. The molecule has 0 aromatic heterocycles. The van der Waals surface area contributed by atoms with E-state index in [4.69, 9.17) is 0 Å². The van der Waals surface area contributed by atoms with Crippen LogP contribution in [0.2, 0.25) is 0 Å². The summed E-state index contributed by atoms with van der Waals surface area (Å²) in [6, 6.07) is 4.54. The van der Waals surface area contributed by atoms with Gasteiger partial charge in [-0.15, -0.1) is 0 Å². The van der Waals surface area contributed by atoms with Crippen LogP contribution in [0.3, 0.4) is 0 Å². The first kappa shape index (κ1) is 18.3. The zero-order chi connectivity index (χ0) is 17.7. The highest BCUT2D eigenvalue weighted by Crippen LogP contribution is 2.30. The highest BCUT2D eigenvalue weighted by Gasteiger charge is 2.30. The number of carbonyl (C=O) groups excluding carboxylic acids is 2. The van der Waals surface area contributed by atoms with Crippen molar-refractivity contribution in [3.05, 3.63) is 29.8 Å². The van der Waals surface area contributed by atoms with Crippen LogP contribution in [0, 0.1) is 0 Å². The van der Waals surface area contributed by atoms with Crippen LogP contribution in [0.4, 0.5) is 18.9 Å². The van der Waals surface area contributed by atoms with Gasteiger partial charge in [0.15, 0.2) is 0 Å². The third kappa shape index (κ3) is 5.52. The summed E-state index contributed by atoms with van der Waals surface area (Å²) in [6.07, 6.45) is -2.74. The summed E-state index contributed by atoms with van der Waals surface area (Å²) >= 11 is 0. The zero-order valence-electron chi connectivity index (χ0n) is 13.3. The van der Waals surface area contributed by atoms with Gasteiger partial charge in [0, 0.05) is 25.2 Å². The Morgan fingerprint density at radius 2 is 2.08 bits per heavy atom. The second-order valence-corrected chi connectivity index (χ2v) is 5.90. The average molecular weight is 343 g/mol. The minimum atomic E-state index is -4.45. The first-order valence-corrected chi connectivity index (χ1v) is 7.70. The minimum absolute atomic E-state index is 0.00222. The van der Waals surface area contributed by atoms with Gasteiger partial charge in [0.25, 0.3) is 0 Å². The predicted octanol–water partition coefficient (Wildman–Crippen LogP) is 2.24. The molecule has 8 heteroatoms. The maximum Gasteiger partial charge on any atom is 0.416 e. The summed E-state index contributed by atoms with van der Waals surface area (Å²) in [4.78, 5) is 25.0. The molecule has 2 amide bonds. The van der Waals surface area contributed by atoms with Gasteiger partial charge < -0.3 is 10.6 Å². The van der Waals surface area contributed by atoms with Crippen molar-refractivity contribution < 1.29 is 22.8 Å². The summed E-state index contributed by atoms with van der Waals surface area (Å²) in [6.45, 7) is 2.79. The van der Waals surface area contributed by atoms with E-state index in [1.807, 2.05) is 4.90 Å². The Morgan fingerprint density at radius 1 is 1.33 bits per heavy atom. The number of amides is 2. The number of hydrogen-bond acceptors (Lipinski definition) is 3. The smallest absolute Gasteiger partial charge is 0.352 e. The largest absolute Gasteiger partial charge is 0.416 e. The first-order valence-electron chi connectivity index (χ1n) is 7.70. The summed E-state index contributed by atoms with van der Waals surface area (Å²) in [7, 11) is 0. The van der Waals surface area contributed by atoms with E-state index >= 15 is 0 Å². The molecule has 5 nitrogen and oxygen atoms in total. The van der Waals surface area contributed by atoms with Gasteiger partial charge >= 0.3 is 6.18 Å². The van der Waals surface area contributed by atoms with Crippen molar-refractivity contribution >= 4 is 17.5 Å². The third-order valence-corrected chi connectivity index (χ3v) is 3.75. The van der Waals surface area contributed by atoms with Crippen LogP contribution < -0.4 is 10.6 Å². The maximum atomic E-state index is 12.7. The monoisotopic (exact) mass is 343 g/mol. The fourth-order valence-electron chi connectivity index (χ4n) is 2.78. The van der Waals surface area contributed by atoms with Crippen LogP contribution in [-0.2, 0) is 15.8 Å². The molecule has 132 valence electrons. The van der Waals surface area contributed by atoms with Gasteiger partial charge in [0.1, 0.15) is 0 Å². The lowest BCUT2D eigenvalue weighted by molar-refractivity contribution is -0.137. The predicted molar refractivity (Wildman–Crippen MR) is 83.4 cm³/mol. The SMILES string of the molecule is CC(=O)NC1CCCN(CC(=O)Nc2cccc(C(F)(F)F)c2)C1. The Hall–Kier alpha value is -2.09. The Morgan fingerprint density at radius 3 is 2.75 bits per heavy atom. The Kier molecular flexibility index (Phi) is 5.82. The van der Waals surface area contributed by atoms with E-state index in [0.717, 1.165) is 25.0 Å². The minimum Gasteiger partial charge on any atom is -0.352 e. The van der Waals surface area contributed by atoms with Crippen LogP contribution in [0.25, 0.3) is 0 Å². The number of rotatable bonds is 4. The van der Waals surface area contributed by atoms with E-state index < -0.39 is 11.7 Å². The lowest BCUT2D eigenvalue weighted by Crippen LogP contribution is -2.49. The van der Waals surface area contributed by atoms with E-state index in [1.165, 1.54) is 19.1 Å². The average Bonchev–Trinajstić information content (AvgIpc) is 2.46. The van der Waals surface area contributed by atoms with Gasteiger partial charge in [-0.1, -0.05) is 6.07 Å². The van der Waals surface area contributed by atoms with E-state index in [1.54, 1.807) is 0 Å². The highest BCUT2D eigenvalue weighted by molar-refractivity contribution is 5.92. The van der Waals surface area contributed by atoms with Crippen molar-refractivity contribution in [2.45, 2.75) is 32.0 Å². The molecule has 2 rings (SSSR count). The van der Waals surface area contributed by atoms with Gasteiger partial charge in [-0.05, 0) is 37.6 Å². The first-order chi connectivity index (χ1) is 11.2. The lowest BCUT2D eigenvalue weighted by atomic mass is 10.1. The van der Waals surface area contributed by atoms with Crippen LogP contribution in [0.5, 0.6) is 0 Å². The molecule has 1 saturated heterocycles. The zero-order valence-corrected chi connectivity index (χ0v) is 13.3. The molecule has 0 bridgehead atoms. The molecule has 1 heterocycles. The second-order valence-electron chi connectivity index (χ2n) is 5.90. The van der Waals surface area contributed by atoms with E-state index in [-0.39, 0.29) is 30.1 Å². The van der Waals surface area contributed by atoms with E-state index in [2.05, 4.69) is 10.6 Å². The molecule has 1 unspecified atom stereocenters. The number of nitrogens with zero attached hydrogens (tertiary/aromatic N) is 1. The van der Waals surface area contributed by atoms with Crippen LogP contribution in [0.1, 0.15) is 25.3 Å². The standard InChI is InChI=1S/C16H20F3N3O2/c1-11(23)20-14-6-3-7-22(9-14)10-15(24)21-13-5-2-4-12(8-13)16(17,18)19/h2,4-5,8,14H,3,6-7,9-10H2,1H3,(H,20,23)(H,21,24). The molecule has 1 aromatic carbocycles. The van der Waals surface area contributed by atoms with E-state index in [0.29, 0.717) is 13.1 Å². The molecule has 0 radical (unpaired) electrons. The van der Waals surface area contributed by atoms with Crippen molar-refractivity contribution in [2.75, 3.05) is 25.0 Å². The molecule has 1 aromatic rings. The molecule has 1 atom stereocenters. The maximum absolute atomic E-state index is 12.7. The second kappa shape index (κ2) is 7.65. The quantitative estimate of drug-likeness (QED) is 0.881. The molecule has 0 saturated carbocycles. The molecule has 0 aliphatic carbocycles. The van der Waals surface area contributed by atoms with Crippen LogP contribution in [-0.4, -0.2) is 42.4 Å². The number of piperidine rings is 1. The summed E-state index contributed by atoms with van der Waals surface area (Å²) in [5.74, 6) is -0.493. The number of carbonyl (C=O) groups is 2. The number of likely N-dealkylation sites (tertiary alicyclic amines) is 1. The molecular formula is C16H20F3N3O2. The molecule has 0 spiro atoms. The highest BCUT2D eigenvalue weighted by atomic mass is 19.4. The normalized spacial score (nSPS) is 18.9. The summed E-state index contributed by atoms with van der Waals surface area (Å²) in [5, 5.41) is 5.31. The van der Waals surface area contributed by atoms with Gasteiger partial charge in [-0.2, -0.15) is 13.2 Å². The Bertz CT molecular complexity index is 604. The van der Waals surface area contributed by atoms with Crippen molar-refractivity contribution in [3.63, 3.8) is 0 Å². The lowest BCUT2D eigenvalue weighted by Gasteiger charge is -2.32. The topological polar surface area (TPSA) is 61.4 Å². The number of anilines is 1. The van der Waals surface area contributed by atoms with Gasteiger partial charge in [0.2, 0.25) is 11.8 Å². The van der Waals surface area contributed by atoms with Gasteiger partial charge in [-0.3, -0.25) is 14.5 Å². The fraction of sp³-hybridized carbons (Fsp3) is 0.500. The molecule has 1 aliphatic rings. The van der Waals surface area contributed by atoms with Crippen molar-refractivity contribution in [1.29, 1.82) is 0 Å². The van der Waals surface area contributed by atoms with Crippen molar-refractivity contribution in [2.24, 2.45) is 0 Å². The van der Waals surface area contributed by atoms with Gasteiger partial charge in [0.05, 0.1) is 12.1 Å². The molecule has 1 fully saturated rings. The molecular weight excluding hydrogens is 323 g/mol. The number of nitrogens with one attached hydrogen (secondary N) is 2. The third-order valence-electron chi connectivity index (χ3n) is 3.75. The Balaban J connectivity index is 1.90. The summed E-state index contributed by atoms with van der Waals surface area (Å²) in [5.41, 5.74) is -0.686. The molecule has 24 heavy (non-hydrogen) atoms. The Labute approximate surface area is 138 Å². The van der Waals surface area contributed by atoms with E-state index in [9.17, 15) is 22.8 Å².